The van der Waals surface area contributed by atoms with E-state index in [1.54, 1.807) is 0 Å². The average Bonchev–Trinajstić information content (AvgIpc) is 3.32. The quantitative estimate of drug-likeness (QED) is 0.781. The molecule has 3 atom stereocenters. The molecule has 0 spiro atoms. The molecule has 128 valence electrons. The highest BCUT2D eigenvalue weighted by atomic mass is 16.5. The Balaban J connectivity index is 1.46. The van der Waals surface area contributed by atoms with Crippen molar-refractivity contribution in [1.82, 2.24) is 20.3 Å². The highest BCUT2D eigenvalue weighted by Gasteiger charge is 2.31. The van der Waals surface area contributed by atoms with Crippen molar-refractivity contribution in [2.75, 3.05) is 6.61 Å². The maximum atomic E-state index is 11.5. The van der Waals surface area contributed by atoms with Crippen molar-refractivity contribution in [1.29, 1.82) is 0 Å². The van der Waals surface area contributed by atoms with Crippen molar-refractivity contribution in [3.63, 3.8) is 0 Å². The van der Waals surface area contributed by atoms with Crippen LogP contribution in [0.1, 0.15) is 57.1 Å². The Hall–Kier alpha value is -1.47. The zero-order valence-corrected chi connectivity index (χ0v) is 13.6. The molecule has 0 unspecified atom stereocenters. The van der Waals surface area contributed by atoms with Gasteiger partial charge in [0.15, 0.2) is 0 Å². The van der Waals surface area contributed by atoms with Crippen molar-refractivity contribution >= 4 is 5.91 Å². The fourth-order valence-electron chi connectivity index (χ4n) is 3.08. The van der Waals surface area contributed by atoms with Crippen LogP contribution < -0.4 is 5.32 Å². The van der Waals surface area contributed by atoms with Gasteiger partial charge >= 0.3 is 0 Å². The van der Waals surface area contributed by atoms with Crippen LogP contribution in [0.3, 0.4) is 0 Å². The van der Waals surface area contributed by atoms with Crippen molar-refractivity contribution in [2.24, 2.45) is 0 Å². The summed E-state index contributed by atoms with van der Waals surface area (Å²) in [5.41, 5.74) is 1.10. The number of hydrogen-bond donors (Lipinski definition) is 2. The third-order valence-corrected chi connectivity index (χ3v) is 4.70. The minimum absolute atomic E-state index is 0.00530. The van der Waals surface area contributed by atoms with Crippen LogP contribution in [-0.2, 0) is 16.1 Å². The maximum absolute atomic E-state index is 11.5. The minimum Gasteiger partial charge on any atom is -0.394 e. The molecule has 1 saturated heterocycles. The van der Waals surface area contributed by atoms with Gasteiger partial charge in [0.25, 0.3) is 0 Å². The minimum atomic E-state index is -0.318. The van der Waals surface area contributed by atoms with E-state index in [2.05, 4.69) is 15.6 Å². The number of nitrogens with zero attached hydrogens (tertiary/aromatic N) is 3. The Bertz CT molecular complexity index is 529. The molecule has 1 saturated carbocycles. The van der Waals surface area contributed by atoms with Crippen molar-refractivity contribution in [3.05, 3.63) is 11.9 Å². The van der Waals surface area contributed by atoms with E-state index in [0.29, 0.717) is 12.3 Å². The van der Waals surface area contributed by atoms with E-state index in [1.165, 1.54) is 12.8 Å². The van der Waals surface area contributed by atoms with Crippen LogP contribution in [0.25, 0.3) is 0 Å². The lowest BCUT2D eigenvalue weighted by Gasteiger charge is -2.36. The number of nitrogens with one attached hydrogen (secondary N) is 1. The Kier molecular flexibility index (Phi) is 5.27. The summed E-state index contributed by atoms with van der Waals surface area (Å²) in [6.07, 6.45) is 7.29. The first-order valence-electron chi connectivity index (χ1n) is 8.65. The summed E-state index contributed by atoms with van der Waals surface area (Å²) >= 11 is 0. The number of aliphatic hydroxyl groups excluding tert-OH is 1. The number of aryl methyl sites for hydroxylation is 1. The largest absolute Gasteiger partial charge is 0.394 e. The molecule has 2 fully saturated rings. The maximum Gasteiger partial charge on any atom is 0.220 e. The molecule has 2 N–H and O–H groups in total. The average molecular weight is 322 g/mol. The lowest BCUT2D eigenvalue weighted by molar-refractivity contribution is -0.128. The molecule has 0 aromatic carbocycles. The number of hydrogen-bond acceptors (Lipinski definition) is 5. The van der Waals surface area contributed by atoms with E-state index >= 15 is 0 Å². The molecule has 3 rings (SSSR count). The van der Waals surface area contributed by atoms with Gasteiger partial charge in [0, 0.05) is 25.1 Å². The Labute approximate surface area is 136 Å². The number of carbonyl (C=O) groups is 1. The molecule has 2 aliphatic rings. The molecule has 7 nitrogen and oxygen atoms in total. The number of carbonyl (C=O) groups excluding carboxylic acids is 1. The highest BCUT2D eigenvalue weighted by Crippen LogP contribution is 2.38. The van der Waals surface area contributed by atoms with Gasteiger partial charge in [0.1, 0.15) is 6.10 Å². The van der Waals surface area contributed by atoms with Crippen LogP contribution in [0.4, 0.5) is 0 Å². The van der Waals surface area contributed by atoms with Gasteiger partial charge in [-0.05, 0) is 32.1 Å². The molecule has 1 aliphatic heterocycles. The lowest BCUT2D eigenvalue weighted by Crippen LogP contribution is -2.50. The fourth-order valence-corrected chi connectivity index (χ4v) is 3.08. The van der Waals surface area contributed by atoms with Crippen LogP contribution >= 0.6 is 0 Å². The first kappa shape index (κ1) is 16.4. The van der Waals surface area contributed by atoms with Crippen LogP contribution in [0, 0.1) is 0 Å². The SMILES string of the molecule is CCC(=O)N[C@@H]1CC[C@H](CCn2cc(C3CC3)nn2)O[C@@H]1CO. The van der Waals surface area contributed by atoms with Crippen LogP contribution in [0.2, 0.25) is 0 Å². The molecule has 1 aromatic heterocycles. The summed E-state index contributed by atoms with van der Waals surface area (Å²) in [5.74, 6) is 0.627. The van der Waals surface area contributed by atoms with E-state index in [0.717, 1.165) is 31.5 Å². The summed E-state index contributed by atoms with van der Waals surface area (Å²) in [4.78, 5) is 11.5. The van der Waals surface area contributed by atoms with Crippen molar-refractivity contribution in [3.8, 4) is 0 Å². The van der Waals surface area contributed by atoms with Gasteiger partial charge in [0.2, 0.25) is 5.91 Å². The van der Waals surface area contributed by atoms with Crippen LogP contribution in [0.5, 0.6) is 0 Å². The van der Waals surface area contributed by atoms with Gasteiger partial charge in [-0.15, -0.1) is 5.10 Å². The van der Waals surface area contributed by atoms with Crippen LogP contribution in [0.15, 0.2) is 6.20 Å². The van der Waals surface area contributed by atoms with Crippen molar-refractivity contribution < 1.29 is 14.6 Å². The van der Waals surface area contributed by atoms with Crippen molar-refractivity contribution in [2.45, 2.75) is 76.2 Å². The predicted octanol–water partition coefficient (Wildman–Crippen LogP) is 0.980. The summed E-state index contributed by atoms with van der Waals surface area (Å²) in [6, 6.07) is -0.0865. The van der Waals surface area contributed by atoms with Gasteiger partial charge in [-0.25, -0.2) is 0 Å². The molecular weight excluding hydrogens is 296 g/mol. The number of ether oxygens (including phenoxy) is 1. The Morgan fingerprint density at radius 1 is 1.43 bits per heavy atom. The van der Waals surface area contributed by atoms with Gasteiger partial charge < -0.3 is 15.2 Å². The topological polar surface area (TPSA) is 89.3 Å². The van der Waals surface area contributed by atoms with Gasteiger partial charge in [-0.1, -0.05) is 12.1 Å². The van der Waals surface area contributed by atoms with E-state index in [-0.39, 0.29) is 30.8 Å². The first-order chi connectivity index (χ1) is 11.2. The molecule has 23 heavy (non-hydrogen) atoms. The second-order valence-corrected chi connectivity index (χ2v) is 6.55. The Morgan fingerprint density at radius 3 is 2.96 bits per heavy atom. The van der Waals surface area contributed by atoms with Gasteiger partial charge in [-0.2, -0.15) is 0 Å². The number of amides is 1. The van der Waals surface area contributed by atoms with E-state index in [1.807, 2.05) is 17.8 Å². The number of aromatic nitrogens is 3. The molecule has 1 aliphatic carbocycles. The molecule has 2 heterocycles. The molecular formula is C16H26N4O3. The Morgan fingerprint density at radius 2 is 2.26 bits per heavy atom. The molecule has 1 aromatic rings. The summed E-state index contributed by atoms with van der Waals surface area (Å²) in [7, 11) is 0. The van der Waals surface area contributed by atoms with E-state index in [9.17, 15) is 9.90 Å². The second-order valence-electron chi connectivity index (χ2n) is 6.55. The lowest BCUT2D eigenvalue weighted by atomic mass is 9.97. The monoisotopic (exact) mass is 322 g/mol. The zero-order chi connectivity index (χ0) is 16.2. The van der Waals surface area contributed by atoms with Gasteiger partial charge in [-0.3, -0.25) is 9.48 Å². The third-order valence-electron chi connectivity index (χ3n) is 4.70. The van der Waals surface area contributed by atoms with E-state index < -0.39 is 0 Å². The third kappa shape index (κ3) is 4.29. The fraction of sp³-hybridized carbons (Fsp3) is 0.812. The standard InChI is InChI=1S/C16H26N4O3/c1-2-16(22)17-13-6-5-12(23-15(13)10-21)7-8-20-9-14(18-19-20)11-3-4-11/h9,11-13,15,21H,2-8,10H2,1H3,(H,17,22)/t12-,13-,15-/m1/s1. The molecule has 0 bridgehead atoms. The van der Waals surface area contributed by atoms with E-state index in [4.69, 9.17) is 4.74 Å². The molecule has 1 amide bonds. The number of rotatable bonds is 7. The van der Waals surface area contributed by atoms with Gasteiger partial charge in [0.05, 0.1) is 24.4 Å². The normalized spacial score (nSPS) is 27.8. The molecule has 7 heteroatoms. The second kappa shape index (κ2) is 7.40. The molecule has 0 radical (unpaired) electrons. The first-order valence-corrected chi connectivity index (χ1v) is 8.65. The van der Waals surface area contributed by atoms with Crippen LogP contribution in [-0.4, -0.2) is 50.9 Å². The summed E-state index contributed by atoms with van der Waals surface area (Å²) < 4.78 is 7.84. The number of aliphatic hydroxyl groups is 1. The zero-order valence-electron chi connectivity index (χ0n) is 13.6. The highest BCUT2D eigenvalue weighted by molar-refractivity contribution is 5.75. The smallest absolute Gasteiger partial charge is 0.220 e. The summed E-state index contributed by atoms with van der Waals surface area (Å²) in [6.45, 7) is 2.53. The predicted molar refractivity (Wildman–Crippen MR) is 83.8 cm³/mol. The summed E-state index contributed by atoms with van der Waals surface area (Å²) in [5, 5.41) is 20.8.